The van der Waals surface area contributed by atoms with Crippen LogP contribution in [0.4, 0.5) is 11.6 Å². The third-order valence-electron chi connectivity index (χ3n) is 3.91. The molecule has 0 fully saturated rings. The van der Waals surface area contributed by atoms with Crippen LogP contribution in [-0.4, -0.2) is 19.7 Å². The van der Waals surface area contributed by atoms with E-state index in [4.69, 9.17) is 10.00 Å². The fraction of sp³-hybridized carbons (Fsp3) is 0.0476. The van der Waals surface area contributed by atoms with Crippen molar-refractivity contribution < 1.29 is 4.74 Å². The van der Waals surface area contributed by atoms with Crippen molar-refractivity contribution in [2.24, 2.45) is 0 Å². The van der Waals surface area contributed by atoms with Crippen LogP contribution in [0.2, 0.25) is 0 Å². The largest absolute Gasteiger partial charge is 0.439 e. The van der Waals surface area contributed by atoms with Gasteiger partial charge < -0.3 is 10.1 Å². The fourth-order valence-corrected chi connectivity index (χ4v) is 2.58. The Morgan fingerprint density at radius 2 is 1.86 bits per heavy atom. The summed E-state index contributed by atoms with van der Waals surface area (Å²) < 4.78 is 7.52. The van der Waals surface area contributed by atoms with Gasteiger partial charge >= 0.3 is 0 Å². The van der Waals surface area contributed by atoms with E-state index in [2.05, 4.69) is 26.5 Å². The Morgan fingerprint density at radius 1 is 1.04 bits per heavy atom. The Balaban J connectivity index is 1.42. The van der Waals surface area contributed by atoms with Gasteiger partial charge in [0.15, 0.2) is 0 Å². The van der Waals surface area contributed by atoms with Gasteiger partial charge in [0, 0.05) is 18.5 Å². The number of nitriles is 1. The van der Waals surface area contributed by atoms with Gasteiger partial charge in [0.25, 0.3) is 0 Å². The van der Waals surface area contributed by atoms with Gasteiger partial charge in [-0.3, -0.25) is 4.68 Å². The van der Waals surface area contributed by atoms with Crippen molar-refractivity contribution in [1.82, 2.24) is 19.7 Å². The third kappa shape index (κ3) is 4.31. The SMILES string of the molecule is N#Cc1ccc(Cn2cc(Nc3nccc(Oc4ccccc4)n3)cn2)cc1. The number of benzene rings is 2. The third-order valence-corrected chi connectivity index (χ3v) is 3.91. The van der Waals surface area contributed by atoms with Crippen LogP contribution < -0.4 is 10.1 Å². The van der Waals surface area contributed by atoms with Crippen molar-refractivity contribution in [3.8, 4) is 17.7 Å². The van der Waals surface area contributed by atoms with Crippen LogP contribution >= 0.6 is 0 Å². The molecule has 0 unspecified atom stereocenters. The molecule has 0 amide bonds. The Labute approximate surface area is 161 Å². The summed E-state index contributed by atoms with van der Waals surface area (Å²) in [5, 5.41) is 16.3. The summed E-state index contributed by atoms with van der Waals surface area (Å²) in [6.07, 6.45) is 5.21. The number of hydrogen-bond donors (Lipinski definition) is 1. The Bertz CT molecular complexity index is 1100. The zero-order valence-corrected chi connectivity index (χ0v) is 14.9. The molecule has 0 atom stereocenters. The molecule has 0 saturated heterocycles. The smallest absolute Gasteiger partial charge is 0.230 e. The number of nitrogens with one attached hydrogen (secondary N) is 1. The first-order valence-corrected chi connectivity index (χ1v) is 8.63. The molecule has 0 aliphatic heterocycles. The number of anilines is 2. The Hall–Kier alpha value is -4.18. The summed E-state index contributed by atoms with van der Waals surface area (Å²) in [6, 6.07) is 20.7. The maximum atomic E-state index is 8.87. The van der Waals surface area contributed by atoms with Gasteiger partial charge in [-0.2, -0.15) is 15.3 Å². The van der Waals surface area contributed by atoms with E-state index in [1.807, 2.05) is 48.7 Å². The van der Waals surface area contributed by atoms with Crippen LogP contribution in [0, 0.1) is 11.3 Å². The first kappa shape index (κ1) is 17.2. The molecule has 0 saturated carbocycles. The second-order valence-electron chi connectivity index (χ2n) is 5.99. The predicted molar refractivity (Wildman–Crippen MR) is 104 cm³/mol. The lowest BCUT2D eigenvalue weighted by molar-refractivity contribution is 0.462. The van der Waals surface area contributed by atoms with E-state index in [1.165, 1.54) is 0 Å². The Kier molecular flexibility index (Phi) is 4.94. The normalized spacial score (nSPS) is 10.2. The monoisotopic (exact) mass is 368 g/mol. The van der Waals surface area contributed by atoms with Gasteiger partial charge in [0.1, 0.15) is 5.75 Å². The molecule has 28 heavy (non-hydrogen) atoms. The number of rotatable bonds is 6. The van der Waals surface area contributed by atoms with E-state index in [1.54, 1.807) is 35.3 Å². The highest BCUT2D eigenvalue weighted by Crippen LogP contribution is 2.20. The standard InChI is InChI=1S/C21H16N6O/c22-12-16-6-8-17(9-7-16)14-27-15-18(13-24-27)25-21-23-11-10-20(26-21)28-19-4-2-1-3-5-19/h1-11,13,15H,14H2,(H,23,25,26). The summed E-state index contributed by atoms with van der Waals surface area (Å²) >= 11 is 0. The maximum Gasteiger partial charge on any atom is 0.230 e. The number of nitrogens with zero attached hydrogens (tertiary/aromatic N) is 5. The van der Waals surface area contributed by atoms with Crippen molar-refractivity contribution in [2.75, 3.05) is 5.32 Å². The first-order chi connectivity index (χ1) is 13.8. The molecule has 2 aromatic carbocycles. The molecule has 7 nitrogen and oxygen atoms in total. The van der Waals surface area contributed by atoms with Crippen LogP contribution in [-0.2, 0) is 6.54 Å². The lowest BCUT2D eigenvalue weighted by Crippen LogP contribution is -2.00. The molecule has 4 aromatic rings. The summed E-state index contributed by atoms with van der Waals surface area (Å²) in [6.45, 7) is 0.603. The molecule has 0 spiro atoms. The minimum absolute atomic E-state index is 0.423. The van der Waals surface area contributed by atoms with Crippen molar-refractivity contribution >= 4 is 11.6 Å². The molecule has 136 valence electrons. The lowest BCUT2D eigenvalue weighted by atomic mass is 10.1. The van der Waals surface area contributed by atoms with Crippen molar-refractivity contribution in [3.05, 3.63) is 90.4 Å². The van der Waals surface area contributed by atoms with Gasteiger partial charge in [-0.25, -0.2) is 4.98 Å². The van der Waals surface area contributed by atoms with Crippen LogP contribution in [0.1, 0.15) is 11.1 Å². The molecule has 2 heterocycles. The van der Waals surface area contributed by atoms with Crippen molar-refractivity contribution in [2.45, 2.75) is 6.54 Å². The zero-order valence-electron chi connectivity index (χ0n) is 14.9. The zero-order chi connectivity index (χ0) is 19.2. The highest BCUT2D eigenvalue weighted by molar-refractivity contribution is 5.50. The predicted octanol–water partition coefficient (Wildman–Crippen LogP) is 4.13. The van der Waals surface area contributed by atoms with Gasteiger partial charge in [-0.1, -0.05) is 30.3 Å². The quantitative estimate of drug-likeness (QED) is 0.550. The van der Waals surface area contributed by atoms with Gasteiger partial charge in [0.05, 0.1) is 30.1 Å². The first-order valence-electron chi connectivity index (χ1n) is 8.63. The number of ether oxygens (including phenoxy) is 1. The maximum absolute atomic E-state index is 8.87. The average molecular weight is 368 g/mol. The molecule has 0 radical (unpaired) electrons. The molecular formula is C21H16N6O. The summed E-state index contributed by atoms with van der Waals surface area (Å²) in [5.74, 6) is 1.59. The number of aromatic nitrogens is 4. The van der Waals surface area contributed by atoms with E-state index in [-0.39, 0.29) is 0 Å². The minimum Gasteiger partial charge on any atom is -0.439 e. The van der Waals surface area contributed by atoms with Crippen LogP contribution in [0.25, 0.3) is 0 Å². The fourth-order valence-electron chi connectivity index (χ4n) is 2.58. The highest BCUT2D eigenvalue weighted by atomic mass is 16.5. The van der Waals surface area contributed by atoms with Gasteiger partial charge in [-0.05, 0) is 29.8 Å². The number of hydrogen-bond acceptors (Lipinski definition) is 6. The van der Waals surface area contributed by atoms with Crippen LogP contribution in [0.5, 0.6) is 11.6 Å². The molecule has 0 aliphatic carbocycles. The van der Waals surface area contributed by atoms with E-state index < -0.39 is 0 Å². The summed E-state index contributed by atoms with van der Waals surface area (Å²) in [4.78, 5) is 8.58. The van der Waals surface area contributed by atoms with E-state index in [9.17, 15) is 0 Å². The average Bonchev–Trinajstić information content (AvgIpc) is 3.16. The molecule has 0 bridgehead atoms. The van der Waals surface area contributed by atoms with E-state index in [0.717, 1.165) is 11.3 Å². The van der Waals surface area contributed by atoms with E-state index >= 15 is 0 Å². The molecule has 1 N–H and O–H groups in total. The van der Waals surface area contributed by atoms with Crippen molar-refractivity contribution in [1.29, 1.82) is 5.26 Å². The second kappa shape index (κ2) is 8.01. The lowest BCUT2D eigenvalue weighted by Gasteiger charge is -2.06. The van der Waals surface area contributed by atoms with Gasteiger partial charge in [-0.15, -0.1) is 0 Å². The van der Waals surface area contributed by atoms with Crippen molar-refractivity contribution in [3.63, 3.8) is 0 Å². The molecule has 2 aromatic heterocycles. The second-order valence-corrected chi connectivity index (χ2v) is 5.99. The molecule has 4 rings (SSSR count). The van der Waals surface area contributed by atoms with Crippen LogP contribution in [0.15, 0.2) is 79.3 Å². The number of para-hydroxylation sites is 1. The topological polar surface area (TPSA) is 88.7 Å². The molecular weight excluding hydrogens is 352 g/mol. The van der Waals surface area contributed by atoms with E-state index in [0.29, 0.717) is 29.7 Å². The highest BCUT2D eigenvalue weighted by Gasteiger charge is 2.05. The summed E-state index contributed by atoms with van der Waals surface area (Å²) in [5.41, 5.74) is 2.47. The molecule has 7 heteroatoms. The minimum atomic E-state index is 0.423. The summed E-state index contributed by atoms with van der Waals surface area (Å²) in [7, 11) is 0. The van der Waals surface area contributed by atoms with Gasteiger partial charge in [0.2, 0.25) is 11.8 Å². The van der Waals surface area contributed by atoms with Crippen LogP contribution in [0.3, 0.4) is 0 Å². The Morgan fingerprint density at radius 3 is 2.64 bits per heavy atom. The molecule has 0 aliphatic rings.